The summed E-state index contributed by atoms with van der Waals surface area (Å²) in [5.74, 6) is 0.560. The molecule has 1 fully saturated rings. The van der Waals surface area contributed by atoms with Crippen LogP contribution < -0.4 is 10.6 Å². The zero-order valence-corrected chi connectivity index (χ0v) is 15.0. The Morgan fingerprint density at radius 3 is 2.42 bits per heavy atom. The lowest BCUT2D eigenvalue weighted by molar-refractivity contribution is 0.122. The van der Waals surface area contributed by atoms with Crippen LogP contribution in [0.15, 0.2) is 60.8 Å². The summed E-state index contributed by atoms with van der Waals surface area (Å²) in [6.07, 6.45) is 1.85. The number of nitrogens with zero attached hydrogens (tertiary/aromatic N) is 2. The Balaban J connectivity index is 1.64. The molecule has 3 aromatic rings. The number of anilines is 2. The maximum absolute atomic E-state index is 6.14. The molecule has 0 amide bonds. The molecule has 1 aliphatic rings. The van der Waals surface area contributed by atoms with Gasteiger partial charge in [-0.15, -0.1) is 0 Å². The van der Waals surface area contributed by atoms with E-state index < -0.39 is 0 Å². The molecule has 4 nitrogen and oxygen atoms in total. The SMILES string of the molecule is Cc1cccc(-c2cc(-c3ccc(N4CCOCC4)cc3)cnc2N)c1. The summed E-state index contributed by atoms with van der Waals surface area (Å²) >= 11 is 0. The van der Waals surface area contributed by atoms with Crippen LogP contribution in [-0.4, -0.2) is 31.3 Å². The van der Waals surface area contributed by atoms with Crippen LogP contribution in [0.3, 0.4) is 0 Å². The van der Waals surface area contributed by atoms with Gasteiger partial charge in [-0.2, -0.15) is 0 Å². The van der Waals surface area contributed by atoms with Crippen LogP contribution in [0.1, 0.15) is 5.56 Å². The third-order valence-electron chi connectivity index (χ3n) is 4.82. The zero-order chi connectivity index (χ0) is 17.9. The first kappa shape index (κ1) is 16.6. The Kier molecular flexibility index (Phi) is 4.59. The zero-order valence-electron chi connectivity index (χ0n) is 15.0. The van der Waals surface area contributed by atoms with Gasteiger partial charge in [0.25, 0.3) is 0 Å². The van der Waals surface area contributed by atoms with Gasteiger partial charge in [0.2, 0.25) is 0 Å². The van der Waals surface area contributed by atoms with E-state index in [4.69, 9.17) is 10.5 Å². The molecule has 26 heavy (non-hydrogen) atoms. The minimum Gasteiger partial charge on any atom is -0.383 e. The number of hydrogen-bond acceptors (Lipinski definition) is 4. The summed E-state index contributed by atoms with van der Waals surface area (Å²) < 4.78 is 5.43. The van der Waals surface area contributed by atoms with Crippen molar-refractivity contribution >= 4 is 11.5 Å². The third-order valence-corrected chi connectivity index (χ3v) is 4.82. The van der Waals surface area contributed by atoms with E-state index in [1.165, 1.54) is 11.3 Å². The van der Waals surface area contributed by atoms with Crippen molar-refractivity contribution < 1.29 is 4.74 Å². The van der Waals surface area contributed by atoms with Gasteiger partial charge in [0.1, 0.15) is 5.82 Å². The van der Waals surface area contributed by atoms with Gasteiger partial charge < -0.3 is 15.4 Å². The molecular weight excluding hydrogens is 322 g/mol. The van der Waals surface area contributed by atoms with Gasteiger partial charge in [-0.3, -0.25) is 0 Å². The van der Waals surface area contributed by atoms with Crippen LogP contribution in [0.2, 0.25) is 0 Å². The van der Waals surface area contributed by atoms with E-state index in [1.807, 2.05) is 12.3 Å². The quantitative estimate of drug-likeness (QED) is 0.775. The standard InChI is InChI=1S/C22H23N3O/c1-16-3-2-4-18(13-16)21-14-19(15-24-22(21)23)17-5-7-20(8-6-17)25-9-11-26-12-10-25/h2-8,13-15H,9-12H2,1H3,(H2,23,24). The summed E-state index contributed by atoms with van der Waals surface area (Å²) in [7, 11) is 0. The number of pyridine rings is 1. The lowest BCUT2D eigenvalue weighted by Gasteiger charge is -2.28. The highest BCUT2D eigenvalue weighted by Crippen LogP contribution is 2.31. The smallest absolute Gasteiger partial charge is 0.131 e. The van der Waals surface area contributed by atoms with Crippen molar-refractivity contribution in [2.24, 2.45) is 0 Å². The van der Waals surface area contributed by atoms with E-state index in [-0.39, 0.29) is 0 Å². The molecule has 2 N–H and O–H groups in total. The number of hydrogen-bond donors (Lipinski definition) is 1. The molecule has 1 saturated heterocycles. The Labute approximate surface area is 154 Å². The molecule has 0 aliphatic carbocycles. The maximum atomic E-state index is 6.14. The number of rotatable bonds is 3. The van der Waals surface area contributed by atoms with Crippen molar-refractivity contribution in [1.82, 2.24) is 4.98 Å². The van der Waals surface area contributed by atoms with Crippen molar-refractivity contribution in [3.8, 4) is 22.3 Å². The van der Waals surface area contributed by atoms with Gasteiger partial charge in [-0.25, -0.2) is 4.98 Å². The highest BCUT2D eigenvalue weighted by molar-refractivity contribution is 5.79. The van der Waals surface area contributed by atoms with Crippen LogP contribution in [0.5, 0.6) is 0 Å². The van der Waals surface area contributed by atoms with E-state index in [9.17, 15) is 0 Å². The Morgan fingerprint density at radius 1 is 0.923 bits per heavy atom. The minimum atomic E-state index is 0.560. The topological polar surface area (TPSA) is 51.4 Å². The maximum Gasteiger partial charge on any atom is 0.131 e. The van der Waals surface area contributed by atoms with E-state index >= 15 is 0 Å². The first-order chi connectivity index (χ1) is 12.7. The van der Waals surface area contributed by atoms with Crippen LogP contribution in [0.25, 0.3) is 22.3 Å². The minimum absolute atomic E-state index is 0.560. The second kappa shape index (κ2) is 7.18. The highest BCUT2D eigenvalue weighted by atomic mass is 16.5. The molecule has 0 atom stereocenters. The molecule has 1 aliphatic heterocycles. The number of nitrogen functional groups attached to an aromatic ring is 1. The molecule has 1 aromatic heterocycles. The number of morpholine rings is 1. The Hall–Kier alpha value is -2.85. The van der Waals surface area contributed by atoms with Gasteiger partial charge in [-0.05, 0) is 36.2 Å². The van der Waals surface area contributed by atoms with Crippen molar-refractivity contribution in [3.05, 3.63) is 66.4 Å². The summed E-state index contributed by atoms with van der Waals surface area (Å²) in [5.41, 5.74) is 12.9. The van der Waals surface area contributed by atoms with Gasteiger partial charge in [-0.1, -0.05) is 42.0 Å². The van der Waals surface area contributed by atoms with Crippen molar-refractivity contribution in [1.29, 1.82) is 0 Å². The summed E-state index contributed by atoms with van der Waals surface area (Å²) in [5, 5.41) is 0. The number of aryl methyl sites for hydroxylation is 1. The fourth-order valence-corrected chi connectivity index (χ4v) is 3.36. The number of aromatic nitrogens is 1. The molecule has 0 saturated carbocycles. The third kappa shape index (κ3) is 3.41. The largest absolute Gasteiger partial charge is 0.383 e. The molecule has 0 radical (unpaired) electrons. The molecule has 4 rings (SSSR count). The molecule has 132 valence electrons. The Bertz CT molecular complexity index is 900. The van der Waals surface area contributed by atoms with E-state index in [0.717, 1.165) is 48.6 Å². The second-order valence-electron chi connectivity index (χ2n) is 6.67. The number of ether oxygens (including phenoxy) is 1. The molecule has 2 aromatic carbocycles. The summed E-state index contributed by atoms with van der Waals surface area (Å²) in [6, 6.07) is 19.1. The van der Waals surface area contributed by atoms with Crippen LogP contribution in [-0.2, 0) is 4.74 Å². The lowest BCUT2D eigenvalue weighted by atomic mass is 9.99. The predicted molar refractivity (Wildman–Crippen MR) is 107 cm³/mol. The Morgan fingerprint density at radius 2 is 1.69 bits per heavy atom. The molecule has 0 bridgehead atoms. The second-order valence-corrected chi connectivity index (χ2v) is 6.67. The summed E-state index contributed by atoms with van der Waals surface area (Å²) in [6.45, 7) is 5.56. The van der Waals surface area contributed by atoms with Crippen molar-refractivity contribution in [2.75, 3.05) is 36.9 Å². The fourth-order valence-electron chi connectivity index (χ4n) is 3.36. The van der Waals surface area contributed by atoms with E-state index in [0.29, 0.717) is 5.82 Å². The van der Waals surface area contributed by atoms with Gasteiger partial charge in [0, 0.05) is 36.1 Å². The normalized spacial score (nSPS) is 14.4. The first-order valence-electron chi connectivity index (χ1n) is 8.96. The van der Waals surface area contributed by atoms with Crippen molar-refractivity contribution in [3.63, 3.8) is 0 Å². The number of nitrogens with two attached hydrogens (primary N) is 1. The highest BCUT2D eigenvalue weighted by Gasteiger charge is 2.12. The van der Waals surface area contributed by atoms with Crippen molar-refractivity contribution in [2.45, 2.75) is 6.92 Å². The monoisotopic (exact) mass is 345 g/mol. The van der Waals surface area contributed by atoms with Crippen LogP contribution >= 0.6 is 0 Å². The number of benzene rings is 2. The molecular formula is C22H23N3O. The lowest BCUT2D eigenvalue weighted by Crippen LogP contribution is -2.36. The predicted octanol–water partition coefficient (Wildman–Crippen LogP) is 4.14. The van der Waals surface area contributed by atoms with E-state index in [2.05, 4.69) is 65.3 Å². The fraction of sp³-hybridized carbons (Fsp3) is 0.227. The van der Waals surface area contributed by atoms with Gasteiger partial charge >= 0.3 is 0 Å². The molecule has 0 spiro atoms. The molecule has 0 unspecified atom stereocenters. The first-order valence-corrected chi connectivity index (χ1v) is 8.96. The van der Waals surface area contributed by atoms with Gasteiger partial charge in [0.15, 0.2) is 0 Å². The average molecular weight is 345 g/mol. The van der Waals surface area contributed by atoms with Crippen LogP contribution in [0.4, 0.5) is 11.5 Å². The van der Waals surface area contributed by atoms with E-state index in [1.54, 1.807) is 0 Å². The molecule has 4 heteroatoms. The average Bonchev–Trinajstić information content (AvgIpc) is 2.69. The van der Waals surface area contributed by atoms with Crippen LogP contribution in [0, 0.1) is 6.92 Å². The summed E-state index contributed by atoms with van der Waals surface area (Å²) in [4.78, 5) is 6.78. The molecule has 2 heterocycles. The van der Waals surface area contributed by atoms with Gasteiger partial charge in [0.05, 0.1) is 13.2 Å².